The number of hydrogen-bond donors (Lipinski definition) is 1. The smallest absolute Gasteiger partial charge is 0.338 e. The van der Waals surface area contributed by atoms with Crippen molar-refractivity contribution in [1.82, 2.24) is 13.9 Å². The van der Waals surface area contributed by atoms with Gasteiger partial charge in [-0.05, 0) is 23.8 Å². The molecule has 0 radical (unpaired) electrons. The summed E-state index contributed by atoms with van der Waals surface area (Å²) in [4.78, 5) is 36.1. The van der Waals surface area contributed by atoms with Crippen LogP contribution in [0.2, 0.25) is 0 Å². The van der Waals surface area contributed by atoms with Crippen LogP contribution in [0.25, 0.3) is 0 Å². The molecule has 1 heterocycles. The molecule has 31 heavy (non-hydrogen) atoms. The Balaban J connectivity index is 1.73. The first-order valence-electron chi connectivity index (χ1n) is 9.26. The van der Waals surface area contributed by atoms with Crippen LogP contribution in [0, 0.1) is 0 Å². The highest BCUT2D eigenvalue weighted by Crippen LogP contribution is 2.14. The first kappa shape index (κ1) is 22.2. The summed E-state index contributed by atoms with van der Waals surface area (Å²) in [6.45, 7) is -0.210. The lowest BCUT2D eigenvalue weighted by atomic mass is 10.2. The fraction of sp³-hybridized carbons (Fsp3) is 0.190. The number of nitrogens with one attached hydrogen (secondary N) is 1. The number of rotatable bonds is 7. The van der Waals surface area contributed by atoms with Gasteiger partial charge in [0, 0.05) is 26.7 Å². The van der Waals surface area contributed by atoms with E-state index in [4.69, 9.17) is 4.74 Å². The van der Waals surface area contributed by atoms with Crippen LogP contribution in [-0.2, 0) is 42.0 Å². The Kier molecular flexibility index (Phi) is 6.52. The highest BCUT2D eigenvalue weighted by atomic mass is 32.2. The van der Waals surface area contributed by atoms with Gasteiger partial charge in [-0.2, -0.15) is 0 Å². The van der Waals surface area contributed by atoms with Crippen LogP contribution in [-0.4, -0.2) is 23.5 Å². The lowest BCUT2D eigenvalue weighted by molar-refractivity contribution is 0.0462. The number of benzene rings is 2. The normalized spacial score (nSPS) is 11.3. The van der Waals surface area contributed by atoms with Crippen molar-refractivity contribution in [2.24, 2.45) is 14.1 Å². The predicted octanol–water partition coefficient (Wildman–Crippen LogP) is 0.919. The number of hydrogen-bond acceptors (Lipinski definition) is 6. The zero-order valence-electron chi connectivity index (χ0n) is 16.9. The summed E-state index contributed by atoms with van der Waals surface area (Å²) in [6.07, 6.45) is 0. The van der Waals surface area contributed by atoms with E-state index in [2.05, 4.69) is 4.72 Å². The Hall–Kier alpha value is -3.50. The Labute approximate surface area is 178 Å². The summed E-state index contributed by atoms with van der Waals surface area (Å²) in [5.74, 6) is -0.784. The Morgan fingerprint density at radius 2 is 1.68 bits per heavy atom. The average molecular weight is 443 g/mol. The summed E-state index contributed by atoms with van der Waals surface area (Å²) >= 11 is 0. The Bertz CT molecular complexity index is 1330. The number of nitrogens with zero attached hydrogens (tertiary/aromatic N) is 2. The predicted molar refractivity (Wildman–Crippen MR) is 113 cm³/mol. The second-order valence-electron chi connectivity index (χ2n) is 6.79. The molecule has 2 aromatic carbocycles. The van der Waals surface area contributed by atoms with Crippen molar-refractivity contribution < 1.29 is 17.9 Å². The van der Waals surface area contributed by atoms with Gasteiger partial charge in [0.25, 0.3) is 5.56 Å². The molecule has 1 aromatic heterocycles. The second kappa shape index (κ2) is 9.11. The molecule has 0 aliphatic rings. The van der Waals surface area contributed by atoms with E-state index in [1.54, 1.807) is 24.3 Å². The van der Waals surface area contributed by atoms with E-state index in [0.717, 1.165) is 10.1 Å². The summed E-state index contributed by atoms with van der Waals surface area (Å²) in [6, 6.07) is 15.6. The average Bonchev–Trinajstić information content (AvgIpc) is 2.78. The number of aromatic nitrogens is 2. The molecule has 0 amide bonds. The summed E-state index contributed by atoms with van der Waals surface area (Å²) in [5, 5.41) is 0. The summed E-state index contributed by atoms with van der Waals surface area (Å²) in [7, 11) is -1.05. The molecule has 10 heteroatoms. The largest absolute Gasteiger partial charge is 0.456 e. The molecular weight excluding hydrogens is 422 g/mol. The molecule has 0 unspecified atom stereocenters. The van der Waals surface area contributed by atoms with Gasteiger partial charge in [0.2, 0.25) is 10.0 Å². The molecule has 1 N–H and O–H groups in total. The quantitative estimate of drug-likeness (QED) is 0.543. The topological polar surface area (TPSA) is 116 Å². The lowest BCUT2D eigenvalue weighted by Gasteiger charge is -2.11. The van der Waals surface area contributed by atoms with Crippen LogP contribution in [0.5, 0.6) is 0 Å². The maximum absolute atomic E-state index is 12.6. The third kappa shape index (κ3) is 5.16. The fourth-order valence-electron chi connectivity index (χ4n) is 2.79. The molecular formula is C21H21N3O6S. The molecule has 0 bridgehead atoms. The van der Waals surface area contributed by atoms with Crippen LogP contribution >= 0.6 is 0 Å². The maximum atomic E-state index is 12.6. The van der Waals surface area contributed by atoms with Crippen molar-refractivity contribution >= 4 is 16.0 Å². The van der Waals surface area contributed by atoms with E-state index < -0.39 is 27.2 Å². The van der Waals surface area contributed by atoms with E-state index in [-0.39, 0.29) is 29.3 Å². The molecule has 3 aromatic rings. The van der Waals surface area contributed by atoms with Crippen molar-refractivity contribution in [3.8, 4) is 0 Å². The first-order chi connectivity index (χ1) is 14.7. The Morgan fingerprint density at radius 1 is 0.968 bits per heavy atom. The van der Waals surface area contributed by atoms with Crippen molar-refractivity contribution in [3.63, 3.8) is 0 Å². The van der Waals surface area contributed by atoms with E-state index in [9.17, 15) is 22.8 Å². The third-order valence-corrected chi connectivity index (χ3v) is 6.06. The van der Waals surface area contributed by atoms with Gasteiger partial charge in [0.15, 0.2) is 0 Å². The highest BCUT2D eigenvalue weighted by molar-refractivity contribution is 7.89. The maximum Gasteiger partial charge on any atom is 0.338 e. The van der Waals surface area contributed by atoms with Gasteiger partial charge in [-0.25, -0.2) is 22.7 Å². The fourth-order valence-corrected chi connectivity index (χ4v) is 3.85. The van der Waals surface area contributed by atoms with Gasteiger partial charge in [-0.3, -0.25) is 13.9 Å². The van der Waals surface area contributed by atoms with Gasteiger partial charge in [-0.15, -0.1) is 0 Å². The van der Waals surface area contributed by atoms with Crippen LogP contribution in [0.4, 0.5) is 0 Å². The van der Waals surface area contributed by atoms with Gasteiger partial charge in [0.1, 0.15) is 6.61 Å². The molecule has 3 rings (SSSR count). The Morgan fingerprint density at radius 3 is 2.39 bits per heavy atom. The molecule has 162 valence electrons. The monoisotopic (exact) mass is 443 g/mol. The number of ether oxygens (including phenoxy) is 1. The van der Waals surface area contributed by atoms with Gasteiger partial charge in [0.05, 0.1) is 16.2 Å². The van der Waals surface area contributed by atoms with Crippen LogP contribution < -0.4 is 16.0 Å². The number of esters is 1. The first-order valence-corrected chi connectivity index (χ1v) is 10.7. The van der Waals surface area contributed by atoms with E-state index in [0.29, 0.717) is 0 Å². The highest BCUT2D eigenvalue weighted by Gasteiger charge is 2.17. The molecule has 0 saturated heterocycles. The molecule has 9 nitrogen and oxygen atoms in total. The summed E-state index contributed by atoms with van der Waals surface area (Å²) in [5.41, 5.74) is -0.0321. The molecule has 0 aliphatic carbocycles. The lowest BCUT2D eigenvalue weighted by Crippen LogP contribution is -2.38. The van der Waals surface area contributed by atoms with Gasteiger partial charge >= 0.3 is 11.7 Å². The van der Waals surface area contributed by atoms with E-state index >= 15 is 0 Å². The minimum atomic E-state index is -3.85. The van der Waals surface area contributed by atoms with Crippen molar-refractivity contribution in [2.45, 2.75) is 18.0 Å². The molecule has 0 spiro atoms. The number of carbonyl (C=O) groups is 1. The molecule has 0 aliphatic heterocycles. The van der Waals surface area contributed by atoms with Crippen molar-refractivity contribution in [2.75, 3.05) is 0 Å². The second-order valence-corrected chi connectivity index (χ2v) is 8.56. The minimum Gasteiger partial charge on any atom is -0.456 e. The van der Waals surface area contributed by atoms with Crippen LogP contribution in [0.3, 0.4) is 0 Å². The van der Waals surface area contributed by atoms with Crippen LogP contribution in [0.15, 0.2) is 75.1 Å². The van der Waals surface area contributed by atoms with Crippen molar-refractivity contribution in [3.05, 3.63) is 98.3 Å². The summed E-state index contributed by atoms with van der Waals surface area (Å²) < 4.78 is 34.9. The third-order valence-electron chi connectivity index (χ3n) is 4.67. The zero-order chi connectivity index (χ0) is 22.6. The zero-order valence-corrected chi connectivity index (χ0v) is 17.8. The minimum absolute atomic E-state index is 0.0245. The van der Waals surface area contributed by atoms with E-state index in [1.165, 1.54) is 49.0 Å². The SMILES string of the molecule is Cn1c(COC(=O)c2cccc(S(=O)(=O)NCc3ccccc3)c2)cc(=O)n(C)c1=O. The number of carbonyl (C=O) groups excluding carboxylic acids is 1. The van der Waals surface area contributed by atoms with Crippen LogP contribution in [0.1, 0.15) is 21.6 Å². The molecule has 0 fully saturated rings. The standard InChI is InChI=1S/C21H21N3O6S/c1-23-17(12-19(25)24(2)21(23)27)14-30-20(26)16-9-6-10-18(11-16)31(28,29)22-13-15-7-4-3-5-8-15/h3-12,22H,13-14H2,1-2H3. The van der Waals surface area contributed by atoms with Crippen molar-refractivity contribution in [1.29, 1.82) is 0 Å². The van der Waals surface area contributed by atoms with E-state index in [1.807, 2.05) is 6.07 Å². The van der Waals surface area contributed by atoms with Gasteiger partial charge in [-0.1, -0.05) is 36.4 Å². The number of sulfonamides is 1. The van der Waals surface area contributed by atoms with Gasteiger partial charge < -0.3 is 4.74 Å². The molecule has 0 atom stereocenters. The molecule has 0 saturated carbocycles.